The van der Waals surface area contributed by atoms with Crippen molar-refractivity contribution in [3.05, 3.63) is 74.0 Å². The van der Waals surface area contributed by atoms with Crippen LogP contribution in [0.25, 0.3) is 10.8 Å². The number of carbonyl (C=O) groups excluding carboxylic acids is 1. The topological polar surface area (TPSA) is 94.7 Å². The van der Waals surface area contributed by atoms with Gasteiger partial charge in [-0.3, -0.25) is 9.59 Å². The lowest BCUT2D eigenvalue weighted by Crippen LogP contribution is -2.21. The van der Waals surface area contributed by atoms with E-state index in [1.165, 1.54) is 4.68 Å². The monoisotopic (exact) mass is 630 g/mol. The molecule has 2 heterocycles. The third-order valence-electron chi connectivity index (χ3n) is 6.19. The van der Waals surface area contributed by atoms with Gasteiger partial charge in [0.1, 0.15) is 5.82 Å². The minimum Gasteiger partial charge on any atom is -0.326 e. The molecule has 4 aromatic rings. The Kier molecular flexibility index (Phi) is 9.73. The Balaban J connectivity index is 1.17. The zero-order valence-electron chi connectivity index (χ0n) is 21.1. The third kappa shape index (κ3) is 7.41. The molecule has 8 nitrogen and oxygen atoms in total. The lowest BCUT2D eigenvalue weighted by Gasteiger charge is -2.08. The predicted molar refractivity (Wildman–Crippen MR) is 157 cm³/mol. The fourth-order valence-electron chi connectivity index (χ4n) is 4.12. The van der Waals surface area contributed by atoms with Gasteiger partial charge in [-0.1, -0.05) is 49.2 Å². The van der Waals surface area contributed by atoms with E-state index in [4.69, 9.17) is 0 Å². The summed E-state index contributed by atoms with van der Waals surface area (Å²) < 4.78 is 4.55. The number of nitrogens with zero attached hydrogens (tertiary/aromatic N) is 5. The van der Waals surface area contributed by atoms with Crippen molar-refractivity contribution in [2.45, 2.75) is 50.1 Å². The number of rotatable bonds is 12. The molecular weight excluding hydrogens is 599 g/mol. The SMILES string of the molecule is Cn1c(Cc2nn(C)c(=O)c3ccccc23)nnc1SCCCCCCCC(=O)Nc1ccc(I)cc1. The maximum atomic E-state index is 12.4. The number of aromatic nitrogens is 5. The van der Waals surface area contributed by atoms with Crippen molar-refractivity contribution in [1.82, 2.24) is 24.5 Å². The van der Waals surface area contributed by atoms with E-state index in [9.17, 15) is 9.59 Å². The number of halogens is 1. The summed E-state index contributed by atoms with van der Waals surface area (Å²) in [5, 5.41) is 18.6. The van der Waals surface area contributed by atoms with Crippen LogP contribution in [0.1, 0.15) is 50.0 Å². The van der Waals surface area contributed by atoms with Gasteiger partial charge in [-0.25, -0.2) is 4.68 Å². The molecule has 1 amide bonds. The molecule has 0 bridgehead atoms. The van der Waals surface area contributed by atoms with Crippen LogP contribution in [0.15, 0.2) is 58.5 Å². The van der Waals surface area contributed by atoms with E-state index in [0.29, 0.717) is 18.2 Å². The van der Waals surface area contributed by atoms with Gasteiger partial charge >= 0.3 is 0 Å². The Hall–Kier alpha value is -2.73. The molecule has 0 saturated carbocycles. The predicted octanol–water partition coefficient (Wildman–Crippen LogP) is 5.33. The van der Waals surface area contributed by atoms with Gasteiger partial charge in [0.25, 0.3) is 5.56 Å². The molecule has 0 spiro atoms. The van der Waals surface area contributed by atoms with Crippen molar-refractivity contribution in [1.29, 1.82) is 0 Å². The first-order chi connectivity index (χ1) is 17.9. The molecule has 37 heavy (non-hydrogen) atoms. The smallest absolute Gasteiger partial charge is 0.274 e. The first kappa shape index (κ1) is 27.3. The minimum atomic E-state index is -0.0983. The Morgan fingerprint density at radius 2 is 1.65 bits per heavy atom. The molecule has 0 saturated heterocycles. The van der Waals surface area contributed by atoms with Gasteiger partial charge in [0, 0.05) is 40.9 Å². The number of aryl methyl sites for hydroxylation is 1. The maximum Gasteiger partial charge on any atom is 0.274 e. The average Bonchev–Trinajstić information content (AvgIpc) is 3.24. The lowest BCUT2D eigenvalue weighted by molar-refractivity contribution is -0.116. The summed E-state index contributed by atoms with van der Waals surface area (Å²) in [6.45, 7) is 0. The molecule has 2 aromatic heterocycles. The summed E-state index contributed by atoms with van der Waals surface area (Å²) in [6.07, 6.45) is 6.37. The van der Waals surface area contributed by atoms with E-state index in [1.807, 2.05) is 60.1 Å². The van der Waals surface area contributed by atoms with Gasteiger partial charge in [0.2, 0.25) is 5.91 Å². The molecule has 0 aliphatic heterocycles. The van der Waals surface area contributed by atoms with Gasteiger partial charge in [-0.15, -0.1) is 10.2 Å². The summed E-state index contributed by atoms with van der Waals surface area (Å²) in [6, 6.07) is 15.4. The first-order valence-electron chi connectivity index (χ1n) is 12.4. The number of anilines is 1. The molecule has 2 aromatic carbocycles. The van der Waals surface area contributed by atoms with Crippen LogP contribution in [-0.2, 0) is 25.3 Å². The Bertz CT molecular complexity index is 1420. The highest BCUT2D eigenvalue weighted by Crippen LogP contribution is 2.21. The number of unbranched alkanes of at least 4 members (excludes halogenated alkanes) is 4. The van der Waals surface area contributed by atoms with Crippen LogP contribution < -0.4 is 10.9 Å². The van der Waals surface area contributed by atoms with Crippen LogP contribution in [-0.4, -0.2) is 36.2 Å². The highest BCUT2D eigenvalue weighted by Gasteiger charge is 2.14. The molecule has 0 aliphatic carbocycles. The molecule has 1 N–H and O–H groups in total. The molecular formula is C27H31IN6O2S. The number of hydrogen-bond acceptors (Lipinski definition) is 6. The molecule has 0 aliphatic rings. The molecule has 10 heteroatoms. The fourth-order valence-corrected chi connectivity index (χ4v) is 5.41. The number of nitrogens with one attached hydrogen (secondary N) is 1. The van der Waals surface area contributed by atoms with Gasteiger partial charge in [0.15, 0.2) is 5.16 Å². The number of thioether (sulfide) groups is 1. The van der Waals surface area contributed by atoms with Crippen LogP contribution in [0.3, 0.4) is 0 Å². The number of benzene rings is 2. The average molecular weight is 631 g/mol. The summed E-state index contributed by atoms with van der Waals surface area (Å²) in [7, 11) is 3.65. The van der Waals surface area contributed by atoms with E-state index in [1.54, 1.807) is 18.8 Å². The second kappa shape index (κ2) is 13.2. The largest absolute Gasteiger partial charge is 0.326 e. The van der Waals surface area contributed by atoms with Crippen LogP contribution >= 0.6 is 34.4 Å². The second-order valence-corrected chi connectivity index (χ2v) is 11.3. The Morgan fingerprint density at radius 1 is 0.946 bits per heavy atom. The molecule has 194 valence electrons. The van der Waals surface area contributed by atoms with Gasteiger partial charge in [-0.05, 0) is 65.8 Å². The van der Waals surface area contributed by atoms with Gasteiger partial charge < -0.3 is 9.88 Å². The first-order valence-corrected chi connectivity index (χ1v) is 14.5. The van der Waals surface area contributed by atoms with Crippen LogP contribution in [0.2, 0.25) is 0 Å². The zero-order valence-corrected chi connectivity index (χ0v) is 24.1. The molecule has 0 fully saturated rings. The summed E-state index contributed by atoms with van der Waals surface area (Å²) in [5.74, 6) is 1.87. The van der Waals surface area contributed by atoms with Crippen molar-refractivity contribution in [2.75, 3.05) is 11.1 Å². The van der Waals surface area contributed by atoms with E-state index < -0.39 is 0 Å². The van der Waals surface area contributed by atoms with Gasteiger partial charge in [0.05, 0.1) is 17.5 Å². The highest BCUT2D eigenvalue weighted by atomic mass is 127. The van der Waals surface area contributed by atoms with Crippen molar-refractivity contribution in [3.63, 3.8) is 0 Å². The van der Waals surface area contributed by atoms with Crippen LogP contribution in [0.5, 0.6) is 0 Å². The van der Waals surface area contributed by atoms with Crippen molar-refractivity contribution >= 4 is 56.7 Å². The lowest BCUT2D eigenvalue weighted by atomic mass is 10.1. The van der Waals surface area contributed by atoms with E-state index in [0.717, 1.165) is 69.2 Å². The second-order valence-electron chi connectivity index (χ2n) is 8.98. The van der Waals surface area contributed by atoms with E-state index in [2.05, 4.69) is 43.2 Å². The normalized spacial score (nSPS) is 11.2. The van der Waals surface area contributed by atoms with Crippen LogP contribution in [0, 0.1) is 3.57 Å². The zero-order chi connectivity index (χ0) is 26.2. The van der Waals surface area contributed by atoms with E-state index in [-0.39, 0.29) is 11.5 Å². The number of fused-ring (bicyclic) bond motifs is 1. The Labute approximate surface area is 234 Å². The van der Waals surface area contributed by atoms with Crippen molar-refractivity contribution in [3.8, 4) is 0 Å². The quantitative estimate of drug-likeness (QED) is 0.129. The van der Waals surface area contributed by atoms with Crippen molar-refractivity contribution in [2.24, 2.45) is 14.1 Å². The summed E-state index contributed by atoms with van der Waals surface area (Å²) in [4.78, 5) is 24.5. The molecule has 4 rings (SSSR count). The fraction of sp³-hybridized carbons (Fsp3) is 0.370. The van der Waals surface area contributed by atoms with Gasteiger partial charge in [-0.2, -0.15) is 5.10 Å². The van der Waals surface area contributed by atoms with Crippen molar-refractivity contribution < 1.29 is 4.79 Å². The molecule has 0 atom stereocenters. The standard InChI is InChI=1S/C27H31IN6O2S/c1-33-24(18-23-21-10-7-8-11-22(21)26(36)34(2)32-23)30-31-27(33)37-17-9-5-3-4-6-12-25(35)29-20-15-13-19(28)14-16-20/h7-8,10-11,13-16H,3-6,9,12,17-18H2,1-2H3,(H,29,35). The number of amides is 1. The number of carbonyl (C=O) groups is 1. The maximum absolute atomic E-state index is 12.4. The summed E-state index contributed by atoms with van der Waals surface area (Å²) >= 11 is 3.96. The molecule has 0 unspecified atom stereocenters. The summed E-state index contributed by atoms with van der Waals surface area (Å²) in [5.41, 5.74) is 1.57. The Morgan fingerprint density at radius 3 is 2.43 bits per heavy atom. The number of hydrogen-bond donors (Lipinski definition) is 1. The minimum absolute atomic E-state index is 0.0794. The molecule has 0 radical (unpaired) electrons. The highest BCUT2D eigenvalue weighted by molar-refractivity contribution is 14.1. The third-order valence-corrected chi connectivity index (χ3v) is 8.02. The van der Waals surface area contributed by atoms with E-state index >= 15 is 0 Å². The van der Waals surface area contributed by atoms with Crippen LogP contribution in [0.4, 0.5) is 5.69 Å².